The minimum absolute atomic E-state index is 0.0563. The molecule has 0 bridgehead atoms. The van der Waals surface area contributed by atoms with E-state index in [9.17, 15) is 32.9 Å². The number of nitro groups is 1. The number of ketones is 1. The predicted octanol–water partition coefficient (Wildman–Crippen LogP) is -0.201. The van der Waals surface area contributed by atoms with E-state index in [4.69, 9.17) is 4.74 Å². The van der Waals surface area contributed by atoms with Crippen molar-refractivity contribution in [1.82, 2.24) is 9.21 Å². The molecule has 2 heterocycles. The van der Waals surface area contributed by atoms with Gasteiger partial charge in [-0.25, -0.2) is 13.2 Å². The molecule has 2 aliphatic rings. The zero-order valence-electron chi connectivity index (χ0n) is 15.0. The number of nitrogens with zero attached hydrogens (tertiary/aromatic N) is 3. The van der Waals surface area contributed by atoms with Crippen LogP contribution in [0.5, 0.6) is 0 Å². The van der Waals surface area contributed by atoms with Crippen LogP contribution in [-0.2, 0) is 35.8 Å². The number of hydrogen-bond donors (Lipinski definition) is 0. The van der Waals surface area contributed by atoms with Crippen molar-refractivity contribution in [2.24, 2.45) is 0 Å². The summed E-state index contributed by atoms with van der Waals surface area (Å²) in [6, 6.07) is 4.63. The molecule has 0 radical (unpaired) electrons. The van der Waals surface area contributed by atoms with Crippen LogP contribution in [0.4, 0.5) is 5.69 Å². The minimum atomic E-state index is -4.02. The topological polar surface area (TPSA) is 144 Å². The molecule has 2 aliphatic heterocycles. The Morgan fingerprint density at radius 1 is 1.32 bits per heavy atom. The third-order valence-corrected chi connectivity index (χ3v) is 6.22. The number of esters is 1. The molecule has 0 aromatic heterocycles. The first kappa shape index (κ1) is 19.9. The Morgan fingerprint density at radius 3 is 2.43 bits per heavy atom. The normalized spacial score (nSPS) is 24.1. The van der Waals surface area contributed by atoms with Gasteiger partial charge >= 0.3 is 5.97 Å². The number of benzene rings is 1. The first-order valence-electron chi connectivity index (χ1n) is 8.19. The molecule has 3 rings (SSSR count). The van der Waals surface area contributed by atoms with Crippen LogP contribution in [0.15, 0.2) is 24.3 Å². The van der Waals surface area contributed by atoms with E-state index in [2.05, 4.69) is 0 Å². The van der Waals surface area contributed by atoms with Crippen LogP contribution in [0.3, 0.4) is 0 Å². The number of Topliss-reactive ketones (excluding diaryl/α,β-unsaturated/α-hetero) is 1. The third-order valence-electron chi connectivity index (χ3n) is 4.96. The Hall–Kier alpha value is -2.86. The number of non-ortho nitro benzene ring substituents is 1. The summed E-state index contributed by atoms with van der Waals surface area (Å²) in [4.78, 5) is 48.7. The van der Waals surface area contributed by atoms with Gasteiger partial charge in [0.1, 0.15) is 6.61 Å². The average Bonchev–Trinajstić information content (AvgIpc) is 2.86. The number of hydrogen-bond acceptors (Lipinski definition) is 8. The van der Waals surface area contributed by atoms with Gasteiger partial charge in [0.2, 0.25) is 15.9 Å². The summed E-state index contributed by atoms with van der Waals surface area (Å²) in [5.41, 5.74) is -2.12. The number of carbonyl (C=O) groups is 3. The number of rotatable bonds is 6. The largest absolute Gasteiger partial charge is 0.458 e. The molecule has 2 fully saturated rings. The van der Waals surface area contributed by atoms with Gasteiger partial charge in [-0.2, -0.15) is 4.31 Å². The van der Waals surface area contributed by atoms with E-state index < -0.39 is 44.3 Å². The second-order valence-electron chi connectivity index (χ2n) is 6.65. The number of ether oxygens (including phenoxy) is 1. The van der Waals surface area contributed by atoms with E-state index in [0.717, 1.165) is 18.2 Å². The SMILES string of the molecule is CN(C1(C(=O)OCc2ccc([N+](=O)[O-])cc2)C(=O)CC2CC(=O)N21)S(C)(=O)=O. The molecule has 2 saturated heterocycles. The summed E-state index contributed by atoms with van der Waals surface area (Å²) < 4.78 is 29.9. The Labute approximate surface area is 160 Å². The molecule has 150 valence electrons. The van der Waals surface area contributed by atoms with Gasteiger partial charge in [-0.3, -0.25) is 19.7 Å². The smallest absolute Gasteiger partial charge is 0.357 e. The molecule has 28 heavy (non-hydrogen) atoms. The zero-order chi connectivity index (χ0) is 20.9. The average molecular weight is 411 g/mol. The third kappa shape index (κ3) is 2.94. The van der Waals surface area contributed by atoms with Crippen molar-refractivity contribution in [1.29, 1.82) is 0 Å². The Balaban J connectivity index is 1.89. The van der Waals surface area contributed by atoms with Crippen molar-refractivity contribution in [3.63, 3.8) is 0 Å². The fraction of sp³-hybridized carbons (Fsp3) is 0.438. The van der Waals surface area contributed by atoms with Crippen LogP contribution >= 0.6 is 0 Å². The molecule has 1 aromatic carbocycles. The summed E-state index contributed by atoms with van der Waals surface area (Å²) in [6.07, 6.45) is 0.738. The summed E-state index contributed by atoms with van der Waals surface area (Å²) >= 11 is 0. The van der Waals surface area contributed by atoms with Gasteiger partial charge in [0.05, 0.1) is 17.2 Å². The molecule has 1 aromatic rings. The van der Waals surface area contributed by atoms with Gasteiger partial charge in [-0.15, -0.1) is 0 Å². The first-order valence-corrected chi connectivity index (χ1v) is 10.0. The fourth-order valence-corrected chi connectivity index (χ4v) is 4.20. The van der Waals surface area contributed by atoms with E-state index in [1.807, 2.05) is 0 Å². The maximum atomic E-state index is 12.9. The van der Waals surface area contributed by atoms with Crippen LogP contribution in [0.25, 0.3) is 0 Å². The van der Waals surface area contributed by atoms with Crippen molar-refractivity contribution in [3.05, 3.63) is 39.9 Å². The predicted molar refractivity (Wildman–Crippen MR) is 93.1 cm³/mol. The zero-order valence-corrected chi connectivity index (χ0v) is 15.8. The second-order valence-corrected chi connectivity index (χ2v) is 8.67. The maximum absolute atomic E-state index is 12.9. The summed E-state index contributed by atoms with van der Waals surface area (Å²) in [5, 5.41) is 10.7. The lowest BCUT2D eigenvalue weighted by Crippen LogP contribution is -2.72. The lowest BCUT2D eigenvalue weighted by Gasteiger charge is -2.46. The van der Waals surface area contributed by atoms with Crippen molar-refractivity contribution >= 4 is 33.4 Å². The molecule has 0 N–H and O–H groups in total. The number of fused-ring (bicyclic) bond motifs is 1. The van der Waals surface area contributed by atoms with Crippen LogP contribution in [0.2, 0.25) is 0 Å². The standard InChI is InChI=1S/C16H17N3O8S/c1-17(28(2,25)26)16(13(20)7-12-8-14(21)18(12)16)15(22)27-9-10-3-5-11(6-4-10)19(23)24/h3-6,12H,7-9H2,1-2H3. The molecular formula is C16H17N3O8S. The van der Waals surface area contributed by atoms with Gasteiger partial charge < -0.3 is 9.64 Å². The molecule has 2 unspecified atom stereocenters. The van der Waals surface area contributed by atoms with Crippen molar-refractivity contribution in [2.45, 2.75) is 31.2 Å². The van der Waals surface area contributed by atoms with Crippen molar-refractivity contribution in [2.75, 3.05) is 13.3 Å². The molecule has 0 aliphatic carbocycles. The first-order chi connectivity index (χ1) is 13.0. The Bertz CT molecular complexity index is 974. The Morgan fingerprint density at radius 2 is 1.93 bits per heavy atom. The fourth-order valence-electron chi connectivity index (χ4n) is 3.45. The monoisotopic (exact) mass is 411 g/mol. The number of carbonyl (C=O) groups excluding carboxylic acids is 3. The summed E-state index contributed by atoms with van der Waals surface area (Å²) in [6.45, 7) is -0.351. The summed E-state index contributed by atoms with van der Waals surface area (Å²) in [5.74, 6) is -2.43. The number of β-lactam (4-membered cyclic amide) rings is 1. The van der Waals surface area contributed by atoms with Gasteiger partial charge in [-0.1, -0.05) is 0 Å². The van der Waals surface area contributed by atoms with Gasteiger partial charge in [0, 0.05) is 32.0 Å². The quantitative estimate of drug-likeness (QED) is 0.206. The lowest BCUT2D eigenvalue weighted by atomic mass is 10.0. The molecule has 0 spiro atoms. The van der Waals surface area contributed by atoms with Crippen LogP contribution in [0.1, 0.15) is 18.4 Å². The summed E-state index contributed by atoms with van der Waals surface area (Å²) in [7, 11) is -2.97. The van der Waals surface area contributed by atoms with Crippen LogP contribution in [-0.4, -0.2) is 65.2 Å². The molecule has 1 amide bonds. The lowest BCUT2D eigenvalue weighted by molar-refractivity contribution is -0.384. The Kier molecular flexibility index (Phi) is 4.71. The second kappa shape index (κ2) is 6.63. The number of sulfonamides is 1. The van der Waals surface area contributed by atoms with E-state index >= 15 is 0 Å². The van der Waals surface area contributed by atoms with E-state index in [0.29, 0.717) is 9.87 Å². The van der Waals surface area contributed by atoms with Crippen molar-refractivity contribution < 1.29 is 32.5 Å². The highest BCUT2D eigenvalue weighted by Gasteiger charge is 2.69. The minimum Gasteiger partial charge on any atom is -0.458 e. The van der Waals surface area contributed by atoms with Gasteiger partial charge in [-0.05, 0) is 17.7 Å². The molecule has 12 heteroatoms. The van der Waals surface area contributed by atoms with Gasteiger partial charge in [0.25, 0.3) is 11.4 Å². The number of amides is 1. The van der Waals surface area contributed by atoms with Gasteiger partial charge in [0.15, 0.2) is 5.78 Å². The highest BCUT2D eigenvalue weighted by Crippen LogP contribution is 2.43. The molecule has 0 saturated carbocycles. The highest BCUT2D eigenvalue weighted by atomic mass is 32.2. The van der Waals surface area contributed by atoms with Crippen LogP contribution < -0.4 is 0 Å². The molecule has 11 nitrogen and oxygen atoms in total. The van der Waals surface area contributed by atoms with E-state index in [1.165, 1.54) is 24.3 Å². The molecular weight excluding hydrogens is 394 g/mol. The number of nitro benzene ring substituents is 1. The number of likely N-dealkylation sites (N-methyl/N-ethyl adjacent to an activating group) is 1. The highest BCUT2D eigenvalue weighted by molar-refractivity contribution is 7.88. The molecule has 2 atom stereocenters. The van der Waals surface area contributed by atoms with Crippen LogP contribution in [0, 0.1) is 10.1 Å². The van der Waals surface area contributed by atoms with E-state index in [-0.39, 0.29) is 25.1 Å². The van der Waals surface area contributed by atoms with E-state index in [1.54, 1.807) is 0 Å². The maximum Gasteiger partial charge on any atom is 0.357 e. The van der Waals surface area contributed by atoms with Crippen molar-refractivity contribution in [3.8, 4) is 0 Å².